The number of anilines is 1. The predicted molar refractivity (Wildman–Crippen MR) is 56.5 cm³/mol. The highest BCUT2D eigenvalue weighted by Crippen LogP contribution is 2.16. The van der Waals surface area contributed by atoms with Crippen LogP contribution in [0.3, 0.4) is 0 Å². The molecule has 3 nitrogen and oxygen atoms in total. The second-order valence-electron chi connectivity index (χ2n) is 2.98. The normalized spacial score (nSPS) is 11.1. The summed E-state index contributed by atoms with van der Waals surface area (Å²) in [7, 11) is 1.35. The van der Waals surface area contributed by atoms with Crippen LogP contribution in [0.1, 0.15) is 12.5 Å². The average molecular weight is 191 g/mol. The summed E-state index contributed by atoms with van der Waals surface area (Å²) in [6.45, 7) is 1.84. The average Bonchev–Trinajstić information content (AvgIpc) is 2.17. The minimum Gasteiger partial charge on any atom is -0.466 e. The summed E-state index contributed by atoms with van der Waals surface area (Å²) < 4.78 is 4.53. The smallest absolute Gasteiger partial charge is 0.330 e. The first-order chi connectivity index (χ1) is 6.63. The first-order valence-electron chi connectivity index (χ1n) is 4.25. The van der Waals surface area contributed by atoms with Gasteiger partial charge in [0.1, 0.15) is 0 Å². The van der Waals surface area contributed by atoms with Crippen molar-refractivity contribution >= 4 is 17.2 Å². The van der Waals surface area contributed by atoms with Gasteiger partial charge in [-0.3, -0.25) is 0 Å². The quantitative estimate of drug-likeness (QED) is 0.441. The Hall–Kier alpha value is -1.77. The maximum absolute atomic E-state index is 11.0. The summed E-state index contributed by atoms with van der Waals surface area (Å²) in [6.07, 6.45) is 1.44. The lowest BCUT2D eigenvalue weighted by Crippen LogP contribution is -1.96. The molecule has 0 atom stereocenters. The van der Waals surface area contributed by atoms with Crippen LogP contribution in [0.25, 0.3) is 5.57 Å². The van der Waals surface area contributed by atoms with E-state index in [-0.39, 0.29) is 5.97 Å². The highest BCUT2D eigenvalue weighted by molar-refractivity contribution is 5.91. The number of allylic oxidation sites excluding steroid dienone is 1. The SMILES string of the molecule is COC(=O)/C=C(/C)c1cccc(N)c1. The molecule has 3 heteroatoms. The van der Waals surface area contributed by atoms with Crippen LogP contribution < -0.4 is 5.73 Å². The molecule has 2 N–H and O–H groups in total. The topological polar surface area (TPSA) is 52.3 Å². The Bertz CT molecular complexity index is 369. The third-order valence-corrected chi connectivity index (χ3v) is 1.88. The summed E-state index contributed by atoms with van der Waals surface area (Å²) in [5.74, 6) is -0.357. The number of hydrogen-bond acceptors (Lipinski definition) is 3. The predicted octanol–water partition coefficient (Wildman–Crippen LogP) is 1.85. The van der Waals surface area contributed by atoms with Crippen molar-refractivity contribution in [3.8, 4) is 0 Å². The van der Waals surface area contributed by atoms with Crippen molar-refractivity contribution in [2.75, 3.05) is 12.8 Å². The van der Waals surface area contributed by atoms with E-state index in [4.69, 9.17) is 5.73 Å². The molecule has 0 saturated carbocycles. The van der Waals surface area contributed by atoms with Crippen molar-refractivity contribution in [2.45, 2.75) is 6.92 Å². The number of nitrogens with two attached hydrogens (primary N) is 1. The van der Waals surface area contributed by atoms with Gasteiger partial charge in [-0.1, -0.05) is 12.1 Å². The molecule has 1 aromatic rings. The van der Waals surface area contributed by atoms with Gasteiger partial charge in [-0.25, -0.2) is 4.79 Å². The molecule has 1 aromatic carbocycles. The molecule has 0 bridgehead atoms. The number of benzene rings is 1. The van der Waals surface area contributed by atoms with E-state index >= 15 is 0 Å². The maximum Gasteiger partial charge on any atom is 0.330 e. The summed E-state index contributed by atoms with van der Waals surface area (Å²) in [4.78, 5) is 11.0. The van der Waals surface area contributed by atoms with Gasteiger partial charge in [0.2, 0.25) is 0 Å². The summed E-state index contributed by atoms with van der Waals surface area (Å²) in [5, 5.41) is 0. The van der Waals surface area contributed by atoms with E-state index < -0.39 is 0 Å². The van der Waals surface area contributed by atoms with Gasteiger partial charge < -0.3 is 10.5 Å². The minimum absolute atomic E-state index is 0.357. The van der Waals surface area contributed by atoms with Gasteiger partial charge in [-0.2, -0.15) is 0 Å². The lowest BCUT2D eigenvalue weighted by atomic mass is 10.1. The van der Waals surface area contributed by atoms with Gasteiger partial charge in [-0.15, -0.1) is 0 Å². The molecular weight excluding hydrogens is 178 g/mol. The lowest BCUT2D eigenvalue weighted by molar-refractivity contribution is -0.134. The zero-order chi connectivity index (χ0) is 10.6. The summed E-state index contributed by atoms with van der Waals surface area (Å²) in [6, 6.07) is 7.36. The molecule has 0 fully saturated rings. The van der Waals surface area contributed by atoms with Gasteiger partial charge >= 0.3 is 5.97 Å². The van der Waals surface area contributed by atoms with Crippen molar-refractivity contribution in [2.24, 2.45) is 0 Å². The van der Waals surface area contributed by atoms with Gasteiger partial charge in [0.25, 0.3) is 0 Å². The van der Waals surface area contributed by atoms with Gasteiger partial charge in [-0.05, 0) is 30.2 Å². The molecule has 0 heterocycles. The van der Waals surface area contributed by atoms with Crippen LogP contribution in [0.2, 0.25) is 0 Å². The third-order valence-electron chi connectivity index (χ3n) is 1.88. The number of carbonyl (C=O) groups excluding carboxylic acids is 1. The lowest BCUT2D eigenvalue weighted by Gasteiger charge is -2.02. The Balaban J connectivity index is 2.94. The third kappa shape index (κ3) is 2.62. The number of esters is 1. The molecule has 0 saturated heterocycles. The Labute approximate surface area is 83.2 Å². The van der Waals surface area contributed by atoms with E-state index in [0.29, 0.717) is 5.69 Å². The molecule has 0 aromatic heterocycles. The number of methoxy groups -OCH3 is 1. The van der Waals surface area contributed by atoms with Crippen molar-refractivity contribution in [1.29, 1.82) is 0 Å². The van der Waals surface area contributed by atoms with E-state index in [9.17, 15) is 4.79 Å². The molecule has 0 amide bonds. The van der Waals surface area contributed by atoms with Crippen molar-refractivity contribution in [3.63, 3.8) is 0 Å². The molecule has 0 spiro atoms. The summed E-state index contributed by atoms with van der Waals surface area (Å²) >= 11 is 0. The molecule has 0 aliphatic carbocycles. The number of hydrogen-bond donors (Lipinski definition) is 1. The number of nitrogen functional groups attached to an aromatic ring is 1. The largest absolute Gasteiger partial charge is 0.466 e. The van der Waals surface area contributed by atoms with E-state index in [2.05, 4.69) is 4.74 Å². The second kappa shape index (κ2) is 4.46. The van der Waals surface area contributed by atoms with Crippen LogP contribution in [-0.2, 0) is 9.53 Å². The molecule has 0 aliphatic heterocycles. The highest BCUT2D eigenvalue weighted by Gasteiger charge is 1.99. The molecule has 1 rings (SSSR count). The van der Waals surface area contributed by atoms with Crippen LogP contribution in [0.4, 0.5) is 5.69 Å². The van der Waals surface area contributed by atoms with Gasteiger partial charge in [0, 0.05) is 11.8 Å². The molecule has 0 radical (unpaired) electrons. The first-order valence-corrected chi connectivity index (χ1v) is 4.25. The Morgan fingerprint density at radius 3 is 2.79 bits per heavy atom. The number of ether oxygens (including phenoxy) is 1. The zero-order valence-corrected chi connectivity index (χ0v) is 8.28. The Morgan fingerprint density at radius 1 is 1.50 bits per heavy atom. The monoisotopic (exact) mass is 191 g/mol. The fourth-order valence-corrected chi connectivity index (χ4v) is 1.10. The Morgan fingerprint density at radius 2 is 2.21 bits per heavy atom. The maximum atomic E-state index is 11.0. The van der Waals surface area contributed by atoms with Crippen LogP contribution >= 0.6 is 0 Å². The van der Waals surface area contributed by atoms with Gasteiger partial charge in [0.15, 0.2) is 0 Å². The fraction of sp³-hybridized carbons (Fsp3) is 0.182. The molecule has 0 unspecified atom stereocenters. The van der Waals surface area contributed by atoms with E-state index in [1.807, 2.05) is 25.1 Å². The van der Waals surface area contributed by atoms with Crippen LogP contribution in [-0.4, -0.2) is 13.1 Å². The Kier molecular flexibility index (Phi) is 3.29. The van der Waals surface area contributed by atoms with Crippen molar-refractivity contribution in [1.82, 2.24) is 0 Å². The molecule has 0 aliphatic rings. The standard InChI is InChI=1S/C11H13NO2/c1-8(6-11(13)14-2)9-4-3-5-10(12)7-9/h3-7H,12H2,1-2H3/b8-6-. The number of rotatable bonds is 2. The van der Waals surface area contributed by atoms with Crippen molar-refractivity contribution in [3.05, 3.63) is 35.9 Å². The van der Waals surface area contributed by atoms with E-state index in [0.717, 1.165) is 11.1 Å². The zero-order valence-electron chi connectivity index (χ0n) is 8.28. The molecular formula is C11H13NO2. The molecule has 14 heavy (non-hydrogen) atoms. The van der Waals surface area contributed by atoms with E-state index in [1.165, 1.54) is 13.2 Å². The van der Waals surface area contributed by atoms with Gasteiger partial charge in [0.05, 0.1) is 7.11 Å². The van der Waals surface area contributed by atoms with Crippen LogP contribution in [0, 0.1) is 0 Å². The highest BCUT2D eigenvalue weighted by atomic mass is 16.5. The van der Waals surface area contributed by atoms with Crippen LogP contribution in [0.5, 0.6) is 0 Å². The first kappa shape index (κ1) is 10.3. The fourth-order valence-electron chi connectivity index (χ4n) is 1.10. The van der Waals surface area contributed by atoms with E-state index in [1.54, 1.807) is 6.07 Å². The minimum atomic E-state index is -0.357. The summed E-state index contributed by atoms with van der Waals surface area (Å²) in [5.41, 5.74) is 8.06. The number of carbonyl (C=O) groups is 1. The second-order valence-corrected chi connectivity index (χ2v) is 2.98. The van der Waals surface area contributed by atoms with Crippen molar-refractivity contribution < 1.29 is 9.53 Å². The molecule has 74 valence electrons. The van der Waals surface area contributed by atoms with Crippen LogP contribution in [0.15, 0.2) is 30.3 Å².